The van der Waals surface area contributed by atoms with E-state index in [0.29, 0.717) is 16.8 Å². The van der Waals surface area contributed by atoms with Gasteiger partial charge in [-0.15, -0.1) is 0 Å². The van der Waals surface area contributed by atoms with Crippen molar-refractivity contribution >= 4 is 17.5 Å². The molecule has 1 amide bonds. The first kappa shape index (κ1) is 17.5. The normalized spacial score (nSPS) is 19.9. The van der Waals surface area contributed by atoms with E-state index in [4.69, 9.17) is 21.1 Å². The van der Waals surface area contributed by atoms with Crippen LogP contribution in [0.1, 0.15) is 25.7 Å². The van der Waals surface area contributed by atoms with E-state index in [1.165, 1.54) is 0 Å². The SMILES string of the molecule is O=C(COc1ccc(Cl)cc1)NC1CCC(Oc2ncccn2)CC1. The van der Waals surface area contributed by atoms with Crippen molar-refractivity contribution in [2.75, 3.05) is 6.61 Å². The molecule has 0 unspecified atom stereocenters. The Kier molecular flexibility index (Phi) is 6.06. The molecule has 1 aliphatic rings. The standard InChI is InChI=1S/C18H20ClN3O3/c19-13-2-6-15(7-3-13)24-12-17(23)22-14-4-8-16(9-5-14)25-18-20-10-1-11-21-18/h1-3,6-7,10-11,14,16H,4-5,8-9,12H2,(H,22,23). The van der Waals surface area contributed by atoms with E-state index in [1.54, 1.807) is 42.7 Å². The molecule has 1 N–H and O–H groups in total. The van der Waals surface area contributed by atoms with E-state index in [-0.39, 0.29) is 24.7 Å². The van der Waals surface area contributed by atoms with Crippen LogP contribution in [0, 0.1) is 0 Å². The van der Waals surface area contributed by atoms with E-state index >= 15 is 0 Å². The lowest BCUT2D eigenvalue weighted by atomic mass is 9.93. The van der Waals surface area contributed by atoms with Crippen LogP contribution < -0.4 is 14.8 Å². The minimum atomic E-state index is -0.120. The minimum Gasteiger partial charge on any atom is -0.484 e. The van der Waals surface area contributed by atoms with Crippen LogP contribution in [0.25, 0.3) is 0 Å². The van der Waals surface area contributed by atoms with Crippen molar-refractivity contribution in [3.63, 3.8) is 0 Å². The predicted molar refractivity (Wildman–Crippen MR) is 93.8 cm³/mol. The second kappa shape index (κ2) is 8.67. The molecule has 25 heavy (non-hydrogen) atoms. The average molecular weight is 362 g/mol. The van der Waals surface area contributed by atoms with Crippen molar-refractivity contribution in [3.05, 3.63) is 47.7 Å². The Morgan fingerprint density at radius 2 is 1.80 bits per heavy atom. The Morgan fingerprint density at radius 3 is 2.48 bits per heavy atom. The number of nitrogens with zero attached hydrogens (tertiary/aromatic N) is 2. The monoisotopic (exact) mass is 361 g/mol. The predicted octanol–water partition coefficient (Wildman–Crippen LogP) is 3.02. The maximum Gasteiger partial charge on any atom is 0.316 e. The lowest BCUT2D eigenvalue weighted by Gasteiger charge is -2.28. The topological polar surface area (TPSA) is 73.3 Å². The molecule has 0 spiro atoms. The van der Waals surface area contributed by atoms with E-state index in [1.807, 2.05) is 0 Å². The molecule has 3 rings (SSSR count). The number of ether oxygens (including phenoxy) is 2. The highest BCUT2D eigenvalue weighted by molar-refractivity contribution is 6.30. The van der Waals surface area contributed by atoms with Gasteiger partial charge in [-0.2, -0.15) is 0 Å². The summed E-state index contributed by atoms with van der Waals surface area (Å²) in [5.41, 5.74) is 0. The summed E-state index contributed by atoms with van der Waals surface area (Å²) in [5.74, 6) is 0.505. The first-order chi connectivity index (χ1) is 12.2. The lowest BCUT2D eigenvalue weighted by Crippen LogP contribution is -2.41. The van der Waals surface area contributed by atoms with Crippen molar-refractivity contribution in [2.45, 2.75) is 37.8 Å². The van der Waals surface area contributed by atoms with Crippen LogP contribution in [-0.2, 0) is 4.79 Å². The van der Waals surface area contributed by atoms with Crippen molar-refractivity contribution in [2.24, 2.45) is 0 Å². The highest BCUT2D eigenvalue weighted by Crippen LogP contribution is 2.22. The van der Waals surface area contributed by atoms with Gasteiger partial charge in [-0.25, -0.2) is 9.97 Å². The van der Waals surface area contributed by atoms with Gasteiger partial charge >= 0.3 is 6.01 Å². The zero-order chi connectivity index (χ0) is 17.5. The molecule has 0 radical (unpaired) electrons. The van der Waals surface area contributed by atoms with Gasteiger partial charge in [0.15, 0.2) is 6.61 Å². The Balaban J connectivity index is 1.36. The number of amides is 1. The summed E-state index contributed by atoms with van der Waals surface area (Å²) in [6, 6.07) is 9.25. The number of aromatic nitrogens is 2. The maximum absolute atomic E-state index is 12.0. The molecule has 6 nitrogen and oxygen atoms in total. The van der Waals surface area contributed by atoms with Gasteiger partial charge in [-0.3, -0.25) is 4.79 Å². The molecule has 2 aromatic rings. The molecule has 1 heterocycles. The molecular weight excluding hydrogens is 342 g/mol. The third-order valence-corrected chi connectivity index (χ3v) is 4.29. The first-order valence-electron chi connectivity index (χ1n) is 8.30. The molecule has 0 aliphatic heterocycles. The van der Waals surface area contributed by atoms with E-state index in [0.717, 1.165) is 25.7 Å². The number of rotatable bonds is 6. The summed E-state index contributed by atoms with van der Waals surface area (Å²) >= 11 is 5.81. The number of hydrogen-bond acceptors (Lipinski definition) is 5. The van der Waals surface area contributed by atoms with E-state index < -0.39 is 0 Å². The Labute approximate surface area is 151 Å². The fourth-order valence-electron chi connectivity index (χ4n) is 2.77. The summed E-state index contributed by atoms with van der Waals surface area (Å²) in [7, 11) is 0. The van der Waals surface area contributed by atoms with Crippen molar-refractivity contribution in [1.29, 1.82) is 0 Å². The molecule has 1 aliphatic carbocycles. The van der Waals surface area contributed by atoms with Crippen molar-refractivity contribution in [3.8, 4) is 11.8 Å². The van der Waals surface area contributed by atoms with Gasteiger partial charge in [0.2, 0.25) is 0 Å². The Hall–Kier alpha value is -2.34. The summed E-state index contributed by atoms with van der Waals surface area (Å²) in [6.07, 6.45) is 6.88. The second-order valence-corrected chi connectivity index (χ2v) is 6.37. The average Bonchev–Trinajstić information content (AvgIpc) is 2.64. The smallest absolute Gasteiger partial charge is 0.316 e. The number of carbonyl (C=O) groups excluding carboxylic acids is 1. The Morgan fingerprint density at radius 1 is 1.12 bits per heavy atom. The zero-order valence-electron chi connectivity index (χ0n) is 13.7. The van der Waals surface area contributed by atoms with Gasteiger partial charge in [0, 0.05) is 23.5 Å². The van der Waals surface area contributed by atoms with Crippen LogP contribution in [0.5, 0.6) is 11.8 Å². The summed E-state index contributed by atoms with van der Waals surface area (Å²) < 4.78 is 11.2. The third-order valence-electron chi connectivity index (χ3n) is 4.04. The molecular formula is C18H20ClN3O3. The molecule has 0 bridgehead atoms. The van der Waals surface area contributed by atoms with Gasteiger partial charge in [-0.1, -0.05) is 11.6 Å². The first-order valence-corrected chi connectivity index (χ1v) is 8.68. The second-order valence-electron chi connectivity index (χ2n) is 5.93. The highest BCUT2D eigenvalue weighted by atomic mass is 35.5. The summed E-state index contributed by atoms with van der Waals surface area (Å²) in [5, 5.41) is 3.64. The van der Waals surface area contributed by atoms with Crippen LogP contribution in [0.2, 0.25) is 5.02 Å². The molecule has 1 aromatic carbocycles. The largest absolute Gasteiger partial charge is 0.484 e. The summed E-state index contributed by atoms with van der Waals surface area (Å²) in [6.45, 7) is -0.00405. The molecule has 1 saturated carbocycles. The minimum absolute atomic E-state index is 0.00405. The molecule has 0 atom stereocenters. The van der Waals surface area contributed by atoms with Crippen LogP contribution in [0.3, 0.4) is 0 Å². The number of halogens is 1. The van der Waals surface area contributed by atoms with Crippen molar-refractivity contribution in [1.82, 2.24) is 15.3 Å². The molecule has 1 fully saturated rings. The number of nitrogens with one attached hydrogen (secondary N) is 1. The molecule has 0 saturated heterocycles. The highest BCUT2D eigenvalue weighted by Gasteiger charge is 2.24. The molecule has 7 heteroatoms. The Bertz CT molecular complexity index is 674. The van der Waals surface area contributed by atoms with Gasteiger partial charge in [0.05, 0.1) is 0 Å². The number of carbonyl (C=O) groups is 1. The van der Waals surface area contributed by atoms with Gasteiger partial charge in [0.1, 0.15) is 11.9 Å². The van der Waals surface area contributed by atoms with E-state index in [9.17, 15) is 4.79 Å². The zero-order valence-corrected chi connectivity index (χ0v) is 14.5. The van der Waals surface area contributed by atoms with E-state index in [2.05, 4.69) is 15.3 Å². The van der Waals surface area contributed by atoms with Gasteiger partial charge in [-0.05, 0) is 56.0 Å². The van der Waals surface area contributed by atoms with Crippen molar-refractivity contribution < 1.29 is 14.3 Å². The molecule has 1 aromatic heterocycles. The van der Waals surface area contributed by atoms with Gasteiger partial charge in [0.25, 0.3) is 5.91 Å². The van der Waals surface area contributed by atoms with Crippen LogP contribution in [-0.4, -0.2) is 34.6 Å². The third kappa shape index (κ3) is 5.60. The fourth-order valence-corrected chi connectivity index (χ4v) is 2.90. The lowest BCUT2D eigenvalue weighted by molar-refractivity contribution is -0.124. The van der Waals surface area contributed by atoms with Crippen LogP contribution >= 0.6 is 11.6 Å². The maximum atomic E-state index is 12.0. The quantitative estimate of drug-likeness (QED) is 0.856. The molecule has 132 valence electrons. The fraction of sp³-hybridized carbons (Fsp3) is 0.389. The van der Waals surface area contributed by atoms with Crippen LogP contribution in [0.4, 0.5) is 0 Å². The van der Waals surface area contributed by atoms with Crippen LogP contribution in [0.15, 0.2) is 42.7 Å². The number of benzene rings is 1. The number of hydrogen-bond donors (Lipinski definition) is 1. The summed E-state index contributed by atoms with van der Waals surface area (Å²) in [4.78, 5) is 20.2. The van der Waals surface area contributed by atoms with Gasteiger partial charge < -0.3 is 14.8 Å².